The summed E-state index contributed by atoms with van der Waals surface area (Å²) in [6.07, 6.45) is 3.86. The van der Waals surface area contributed by atoms with Crippen LogP contribution in [0.5, 0.6) is 11.5 Å². The van der Waals surface area contributed by atoms with Gasteiger partial charge in [0, 0.05) is 19.1 Å². The van der Waals surface area contributed by atoms with Crippen LogP contribution in [0.2, 0.25) is 0 Å². The van der Waals surface area contributed by atoms with Crippen LogP contribution in [0.1, 0.15) is 37.8 Å². The minimum atomic E-state index is 0.187. The highest BCUT2D eigenvalue weighted by Gasteiger charge is 2.14. The summed E-state index contributed by atoms with van der Waals surface area (Å²) in [5.74, 6) is 0.714. The molecule has 0 bridgehead atoms. The molecular weight excluding hydrogens is 228 g/mol. The molecule has 1 fully saturated rings. The first-order valence-electron chi connectivity index (χ1n) is 6.58. The average molecular weight is 250 g/mol. The zero-order valence-electron chi connectivity index (χ0n) is 11.1. The van der Waals surface area contributed by atoms with Crippen LogP contribution in [0.3, 0.4) is 0 Å². The number of ether oxygens (including phenoxy) is 1. The van der Waals surface area contributed by atoms with Crippen molar-refractivity contribution < 1.29 is 9.84 Å². The van der Waals surface area contributed by atoms with Gasteiger partial charge in [-0.2, -0.15) is 0 Å². The molecule has 4 heteroatoms. The van der Waals surface area contributed by atoms with Gasteiger partial charge in [-0.1, -0.05) is 12.5 Å². The van der Waals surface area contributed by atoms with Crippen LogP contribution < -0.4 is 10.2 Å². The largest absolute Gasteiger partial charge is 0.504 e. The monoisotopic (exact) mass is 250 g/mol. The van der Waals surface area contributed by atoms with Crippen molar-refractivity contribution in [1.29, 1.82) is 0 Å². The first kappa shape index (κ1) is 13.2. The Balaban J connectivity index is 2.01. The number of hydrogen-bond acceptors (Lipinski definition) is 4. The Morgan fingerprint density at radius 1 is 1.28 bits per heavy atom. The van der Waals surface area contributed by atoms with Crippen molar-refractivity contribution in [3.8, 4) is 11.5 Å². The van der Waals surface area contributed by atoms with Crippen molar-refractivity contribution >= 4 is 0 Å². The lowest BCUT2D eigenvalue weighted by molar-refractivity contribution is 0.133. The van der Waals surface area contributed by atoms with E-state index in [0.717, 1.165) is 18.7 Å². The average Bonchev–Trinajstić information content (AvgIpc) is 2.40. The van der Waals surface area contributed by atoms with E-state index >= 15 is 0 Å². The van der Waals surface area contributed by atoms with Crippen LogP contribution >= 0.6 is 0 Å². The maximum absolute atomic E-state index is 9.58. The van der Waals surface area contributed by atoms with Crippen molar-refractivity contribution in [2.45, 2.75) is 32.2 Å². The molecule has 2 N–H and O–H groups in total. The van der Waals surface area contributed by atoms with E-state index in [1.54, 1.807) is 13.2 Å². The van der Waals surface area contributed by atoms with Crippen LogP contribution in [0.15, 0.2) is 18.2 Å². The predicted molar refractivity (Wildman–Crippen MR) is 71.6 cm³/mol. The molecule has 0 aliphatic carbocycles. The third-order valence-electron chi connectivity index (χ3n) is 3.44. The summed E-state index contributed by atoms with van der Waals surface area (Å²) in [5.41, 5.74) is 4.62. The second-order valence-electron chi connectivity index (χ2n) is 4.83. The minimum Gasteiger partial charge on any atom is -0.504 e. The fraction of sp³-hybridized carbons (Fsp3) is 0.571. The van der Waals surface area contributed by atoms with Crippen molar-refractivity contribution in [1.82, 2.24) is 10.4 Å². The highest BCUT2D eigenvalue weighted by molar-refractivity contribution is 5.42. The number of piperidine rings is 1. The van der Waals surface area contributed by atoms with E-state index in [4.69, 9.17) is 4.74 Å². The molecule has 1 atom stereocenters. The Labute approximate surface area is 109 Å². The summed E-state index contributed by atoms with van der Waals surface area (Å²) in [6.45, 7) is 4.35. The van der Waals surface area contributed by atoms with E-state index in [0.29, 0.717) is 5.75 Å². The summed E-state index contributed by atoms with van der Waals surface area (Å²) in [4.78, 5) is 0. The van der Waals surface area contributed by atoms with Gasteiger partial charge < -0.3 is 9.84 Å². The van der Waals surface area contributed by atoms with Gasteiger partial charge in [-0.15, -0.1) is 0 Å². The molecule has 1 aliphatic heterocycles. The van der Waals surface area contributed by atoms with E-state index in [1.165, 1.54) is 19.3 Å². The molecule has 1 aromatic rings. The topological polar surface area (TPSA) is 44.7 Å². The fourth-order valence-electron chi connectivity index (χ4n) is 2.33. The van der Waals surface area contributed by atoms with E-state index in [2.05, 4.69) is 17.4 Å². The Morgan fingerprint density at radius 3 is 2.67 bits per heavy atom. The Hall–Kier alpha value is -1.26. The number of nitrogens with zero attached hydrogens (tertiary/aromatic N) is 1. The van der Waals surface area contributed by atoms with Gasteiger partial charge in [0.25, 0.3) is 0 Å². The number of hydrogen-bond donors (Lipinski definition) is 2. The standard InChI is InChI=1S/C14H22N2O2/c1-11(15-16-8-4-3-5-9-16)12-6-7-13(17)14(10-12)18-2/h6-7,10-11,15,17H,3-5,8-9H2,1-2H3. The summed E-state index contributed by atoms with van der Waals surface area (Å²) in [5, 5.41) is 11.9. The number of aromatic hydroxyl groups is 1. The molecule has 1 heterocycles. The summed E-state index contributed by atoms with van der Waals surface area (Å²) in [7, 11) is 1.57. The molecule has 100 valence electrons. The van der Waals surface area contributed by atoms with Gasteiger partial charge >= 0.3 is 0 Å². The number of methoxy groups -OCH3 is 1. The number of phenols is 1. The zero-order valence-corrected chi connectivity index (χ0v) is 11.1. The second kappa shape index (κ2) is 6.07. The van der Waals surface area contributed by atoms with E-state index < -0.39 is 0 Å². The van der Waals surface area contributed by atoms with Crippen LogP contribution in [0.4, 0.5) is 0 Å². The third-order valence-corrected chi connectivity index (χ3v) is 3.44. The number of phenolic OH excluding ortho intramolecular Hbond substituents is 1. The first-order chi connectivity index (χ1) is 8.70. The molecule has 2 rings (SSSR count). The van der Waals surface area contributed by atoms with Gasteiger partial charge in [0.15, 0.2) is 11.5 Å². The molecule has 4 nitrogen and oxygen atoms in total. The quantitative estimate of drug-likeness (QED) is 0.861. The third kappa shape index (κ3) is 3.15. The lowest BCUT2D eigenvalue weighted by Crippen LogP contribution is -2.42. The summed E-state index contributed by atoms with van der Waals surface area (Å²) >= 11 is 0. The lowest BCUT2D eigenvalue weighted by atomic mass is 10.1. The van der Waals surface area contributed by atoms with Crippen LogP contribution in [-0.2, 0) is 0 Å². The molecule has 0 amide bonds. The first-order valence-corrected chi connectivity index (χ1v) is 6.58. The molecule has 1 saturated heterocycles. The van der Waals surface area contributed by atoms with Crippen molar-refractivity contribution in [2.24, 2.45) is 0 Å². The molecule has 1 aliphatic rings. The maximum atomic E-state index is 9.58. The molecule has 0 saturated carbocycles. The molecular formula is C14H22N2O2. The minimum absolute atomic E-state index is 0.187. The number of hydrazine groups is 1. The highest BCUT2D eigenvalue weighted by atomic mass is 16.5. The predicted octanol–water partition coefficient (Wildman–Crippen LogP) is 2.45. The number of nitrogens with one attached hydrogen (secondary N) is 1. The molecule has 1 aromatic carbocycles. The number of benzene rings is 1. The summed E-state index contributed by atoms with van der Waals surface area (Å²) < 4.78 is 5.13. The van der Waals surface area contributed by atoms with Gasteiger partial charge in [0.05, 0.1) is 7.11 Å². The zero-order chi connectivity index (χ0) is 13.0. The molecule has 0 aromatic heterocycles. The highest BCUT2D eigenvalue weighted by Crippen LogP contribution is 2.29. The van der Waals surface area contributed by atoms with E-state index in [9.17, 15) is 5.11 Å². The molecule has 0 spiro atoms. The van der Waals surface area contributed by atoms with Crippen molar-refractivity contribution in [3.63, 3.8) is 0 Å². The van der Waals surface area contributed by atoms with Crippen LogP contribution in [-0.4, -0.2) is 30.3 Å². The van der Waals surface area contributed by atoms with Gasteiger partial charge in [0.2, 0.25) is 0 Å². The molecule has 18 heavy (non-hydrogen) atoms. The smallest absolute Gasteiger partial charge is 0.160 e. The van der Waals surface area contributed by atoms with Gasteiger partial charge in [-0.25, -0.2) is 10.4 Å². The maximum Gasteiger partial charge on any atom is 0.160 e. The number of rotatable bonds is 4. The van der Waals surface area contributed by atoms with Crippen molar-refractivity contribution in [2.75, 3.05) is 20.2 Å². The van der Waals surface area contributed by atoms with E-state index in [-0.39, 0.29) is 11.8 Å². The summed E-state index contributed by atoms with van der Waals surface area (Å²) in [6, 6.07) is 5.72. The molecule has 0 radical (unpaired) electrons. The fourth-order valence-corrected chi connectivity index (χ4v) is 2.33. The second-order valence-corrected chi connectivity index (χ2v) is 4.83. The SMILES string of the molecule is COc1cc(C(C)NN2CCCCC2)ccc1O. The Bertz CT molecular complexity index is 389. The normalized spacial score (nSPS) is 18.6. The Morgan fingerprint density at radius 2 is 2.00 bits per heavy atom. The van der Waals surface area contributed by atoms with Crippen LogP contribution in [0.25, 0.3) is 0 Å². The van der Waals surface area contributed by atoms with Gasteiger partial charge in [-0.05, 0) is 37.5 Å². The Kier molecular flexibility index (Phi) is 4.44. The van der Waals surface area contributed by atoms with E-state index in [1.807, 2.05) is 12.1 Å². The van der Waals surface area contributed by atoms with Crippen LogP contribution in [0, 0.1) is 0 Å². The van der Waals surface area contributed by atoms with Gasteiger partial charge in [-0.3, -0.25) is 0 Å². The molecule has 1 unspecified atom stereocenters. The lowest BCUT2D eigenvalue weighted by Gasteiger charge is -2.30. The van der Waals surface area contributed by atoms with Gasteiger partial charge in [0.1, 0.15) is 0 Å². The van der Waals surface area contributed by atoms with Crippen molar-refractivity contribution in [3.05, 3.63) is 23.8 Å².